The van der Waals surface area contributed by atoms with Gasteiger partial charge in [0.15, 0.2) is 11.5 Å². The fourth-order valence-electron chi connectivity index (χ4n) is 5.16. The molecule has 0 radical (unpaired) electrons. The number of amides is 2. The van der Waals surface area contributed by atoms with Gasteiger partial charge in [0.1, 0.15) is 0 Å². The van der Waals surface area contributed by atoms with Crippen molar-refractivity contribution in [3.63, 3.8) is 0 Å². The molecule has 5 heteroatoms. The number of imide groups is 1. The van der Waals surface area contributed by atoms with Crippen LogP contribution in [0.2, 0.25) is 0 Å². The Bertz CT molecular complexity index is 1050. The Hall–Kier alpha value is -3.26. The van der Waals surface area contributed by atoms with E-state index in [1.807, 2.05) is 18.2 Å². The molecule has 2 saturated carbocycles. The Kier molecular flexibility index (Phi) is 4.74. The topological polar surface area (TPSA) is 55.8 Å². The highest BCUT2D eigenvalue weighted by Gasteiger charge is 2.52. The molecule has 2 aromatic carbocycles. The number of nitrogens with zero attached hydrogens (tertiary/aromatic N) is 1. The van der Waals surface area contributed by atoms with E-state index in [2.05, 4.69) is 5.92 Å². The van der Waals surface area contributed by atoms with Crippen molar-refractivity contribution in [2.24, 2.45) is 0 Å². The maximum atomic E-state index is 12.8. The quantitative estimate of drug-likeness (QED) is 0.538. The molecule has 0 N–H and O–H groups in total. The summed E-state index contributed by atoms with van der Waals surface area (Å²) in [5.41, 5.74) is 1.39. The van der Waals surface area contributed by atoms with E-state index in [0.717, 1.165) is 18.4 Å². The molecule has 0 atom stereocenters. The molecule has 2 amide bonds. The zero-order valence-electron chi connectivity index (χ0n) is 17.6. The molecule has 0 saturated heterocycles. The van der Waals surface area contributed by atoms with Crippen molar-refractivity contribution in [2.75, 3.05) is 7.11 Å². The fourth-order valence-corrected chi connectivity index (χ4v) is 5.16. The van der Waals surface area contributed by atoms with E-state index in [1.165, 1.54) is 17.7 Å². The van der Waals surface area contributed by atoms with Gasteiger partial charge in [-0.25, -0.2) is 0 Å². The number of rotatable bonds is 5. The van der Waals surface area contributed by atoms with Gasteiger partial charge in [-0.3, -0.25) is 14.5 Å². The molecule has 0 unspecified atom stereocenters. The summed E-state index contributed by atoms with van der Waals surface area (Å²) >= 11 is 0. The van der Waals surface area contributed by atoms with Crippen LogP contribution in [0.15, 0.2) is 42.5 Å². The first kappa shape index (κ1) is 19.7. The van der Waals surface area contributed by atoms with Crippen molar-refractivity contribution in [1.82, 2.24) is 4.90 Å². The first-order valence-electron chi connectivity index (χ1n) is 10.9. The maximum Gasteiger partial charge on any atom is 0.261 e. The molecular weight excluding hydrogens is 390 g/mol. The monoisotopic (exact) mass is 415 g/mol. The number of terminal acetylenes is 1. The minimum atomic E-state index is -0.528. The van der Waals surface area contributed by atoms with Crippen LogP contribution in [0.3, 0.4) is 0 Å². The molecule has 31 heavy (non-hydrogen) atoms. The van der Waals surface area contributed by atoms with Gasteiger partial charge in [0.25, 0.3) is 11.8 Å². The molecule has 1 aliphatic heterocycles. The second-order valence-electron chi connectivity index (χ2n) is 8.70. The van der Waals surface area contributed by atoms with E-state index in [0.29, 0.717) is 35.5 Å². The number of methoxy groups -OCH3 is 1. The maximum absolute atomic E-state index is 12.8. The van der Waals surface area contributed by atoms with E-state index < -0.39 is 5.41 Å². The van der Waals surface area contributed by atoms with Crippen molar-refractivity contribution >= 4 is 11.8 Å². The standard InChI is InChI=1S/C26H25NO4/c1-3-26(17-12-13-22(30-2)23(14-17)31-19-8-4-5-9-19)15-18(16-26)27-24(28)20-10-6-7-11-21(20)25(27)29/h1,6-7,10-14,18-19H,4-5,8-9,15-16H2,2H3. The summed E-state index contributed by atoms with van der Waals surface area (Å²) in [7, 11) is 1.63. The average molecular weight is 415 g/mol. The van der Waals surface area contributed by atoms with Crippen LogP contribution in [0.25, 0.3) is 0 Å². The first-order chi connectivity index (χ1) is 15.1. The molecule has 158 valence electrons. The van der Waals surface area contributed by atoms with Gasteiger partial charge in [-0.1, -0.05) is 24.1 Å². The van der Waals surface area contributed by atoms with Gasteiger partial charge in [-0.05, 0) is 68.4 Å². The van der Waals surface area contributed by atoms with Gasteiger partial charge in [-0.2, -0.15) is 0 Å². The molecule has 3 aliphatic rings. The highest BCUT2D eigenvalue weighted by molar-refractivity contribution is 6.21. The predicted molar refractivity (Wildman–Crippen MR) is 116 cm³/mol. The van der Waals surface area contributed by atoms with Gasteiger partial charge >= 0.3 is 0 Å². The zero-order valence-corrected chi connectivity index (χ0v) is 17.6. The van der Waals surface area contributed by atoms with Gasteiger partial charge in [0.05, 0.1) is 29.8 Å². The lowest BCUT2D eigenvalue weighted by Crippen LogP contribution is -2.54. The third-order valence-corrected chi connectivity index (χ3v) is 6.95. The lowest BCUT2D eigenvalue weighted by atomic mass is 9.61. The van der Waals surface area contributed by atoms with Crippen LogP contribution in [0.4, 0.5) is 0 Å². The summed E-state index contributed by atoms with van der Waals surface area (Å²) in [5, 5.41) is 0. The summed E-state index contributed by atoms with van der Waals surface area (Å²) in [6.07, 6.45) is 11.8. The lowest BCUT2D eigenvalue weighted by molar-refractivity contribution is 0.0424. The van der Waals surface area contributed by atoms with E-state index in [-0.39, 0.29) is 24.0 Å². The molecule has 2 aromatic rings. The Balaban J connectivity index is 1.38. The Morgan fingerprint density at radius 2 is 1.65 bits per heavy atom. The predicted octanol–water partition coefficient (Wildman–Crippen LogP) is 4.35. The smallest absolute Gasteiger partial charge is 0.261 e. The molecule has 5 nitrogen and oxygen atoms in total. The minimum Gasteiger partial charge on any atom is -0.493 e. The number of benzene rings is 2. The third-order valence-electron chi connectivity index (χ3n) is 6.95. The van der Waals surface area contributed by atoms with Crippen LogP contribution >= 0.6 is 0 Å². The summed E-state index contributed by atoms with van der Waals surface area (Å²) in [4.78, 5) is 27.0. The second-order valence-corrected chi connectivity index (χ2v) is 8.70. The van der Waals surface area contributed by atoms with Crippen molar-refractivity contribution in [1.29, 1.82) is 0 Å². The van der Waals surface area contributed by atoms with E-state index >= 15 is 0 Å². The fraction of sp³-hybridized carbons (Fsp3) is 0.385. The molecule has 0 aromatic heterocycles. The number of ether oxygens (including phenoxy) is 2. The van der Waals surface area contributed by atoms with E-state index in [4.69, 9.17) is 15.9 Å². The zero-order chi connectivity index (χ0) is 21.6. The van der Waals surface area contributed by atoms with Crippen LogP contribution in [-0.2, 0) is 5.41 Å². The summed E-state index contributed by atoms with van der Waals surface area (Å²) in [6.45, 7) is 0. The van der Waals surface area contributed by atoms with Crippen molar-refractivity contribution in [3.8, 4) is 23.8 Å². The molecule has 2 fully saturated rings. The first-order valence-corrected chi connectivity index (χ1v) is 10.9. The number of carbonyl (C=O) groups is 2. The number of carbonyl (C=O) groups excluding carboxylic acids is 2. The van der Waals surface area contributed by atoms with Crippen LogP contribution < -0.4 is 9.47 Å². The van der Waals surface area contributed by atoms with Gasteiger partial charge in [0.2, 0.25) is 0 Å². The molecule has 0 spiro atoms. The highest BCUT2D eigenvalue weighted by Crippen LogP contribution is 2.49. The molecule has 2 aliphatic carbocycles. The second kappa shape index (κ2) is 7.46. The number of fused-ring (bicyclic) bond motifs is 1. The van der Waals surface area contributed by atoms with Crippen molar-refractivity contribution < 1.29 is 19.1 Å². The normalized spacial score (nSPS) is 25.2. The highest BCUT2D eigenvalue weighted by atomic mass is 16.5. The Labute approximate surface area is 182 Å². The van der Waals surface area contributed by atoms with Gasteiger partial charge in [0, 0.05) is 6.04 Å². The number of hydrogen-bond donors (Lipinski definition) is 0. The Morgan fingerprint density at radius 1 is 1.00 bits per heavy atom. The Morgan fingerprint density at radius 3 is 2.23 bits per heavy atom. The van der Waals surface area contributed by atoms with Crippen LogP contribution in [0.1, 0.15) is 64.8 Å². The SMILES string of the molecule is C#CC1(c2ccc(OC)c(OC3CCCC3)c2)CC(N2C(=O)c3ccccc3C2=O)C1. The van der Waals surface area contributed by atoms with E-state index in [1.54, 1.807) is 31.4 Å². The summed E-state index contributed by atoms with van der Waals surface area (Å²) in [6, 6.07) is 12.6. The third kappa shape index (κ3) is 3.09. The molecule has 0 bridgehead atoms. The average Bonchev–Trinajstić information content (AvgIpc) is 3.36. The van der Waals surface area contributed by atoms with Crippen LogP contribution in [0.5, 0.6) is 11.5 Å². The molecule has 1 heterocycles. The largest absolute Gasteiger partial charge is 0.493 e. The van der Waals surface area contributed by atoms with Gasteiger partial charge < -0.3 is 9.47 Å². The number of hydrogen-bond acceptors (Lipinski definition) is 4. The summed E-state index contributed by atoms with van der Waals surface area (Å²) < 4.78 is 11.7. The minimum absolute atomic E-state index is 0.204. The van der Waals surface area contributed by atoms with Crippen LogP contribution in [0, 0.1) is 12.3 Å². The van der Waals surface area contributed by atoms with Crippen LogP contribution in [-0.4, -0.2) is 36.0 Å². The lowest BCUT2D eigenvalue weighted by Gasteiger charge is -2.47. The molecular formula is C26H25NO4. The summed E-state index contributed by atoms with van der Waals surface area (Å²) in [5.74, 6) is 3.90. The van der Waals surface area contributed by atoms with Crippen molar-refractivity contribution in [3.05, 3.63) is 59.2 Å². The van der Waals surface area contributed by atoms with E-state index in [9.17, 15) is 9.59 Å². The van der Waals surface area contributed by atoms with Gasteiger partial charge in [-0.15, -0.1) is 6.42 Å². The van der Waals surface area contributed by atoms with Crippen molar-refractivity contribution in [2.45, 2.75) is 56.1 Å². The molecule has 5 rings (SSSR count).